The Hall–Kier alpha value is -1.81. The molecule has 0 spiro atoms. The highest BCUT2D eigenvalue weighted by Crippen LogP contribution is 2.38. The third kappa shape index (κ3) is 2.88. The van der Waals surface area contributed by atoms with Crippen LogP contribution in [0, 0.1) is 19.7 Å². The first-order valence-corrected chi connectivity index (χ1v) is 8.36. The average molecular weight is 315 g/mol. The minimum absolute atomic E-state index is 0.0115. The molecule has 2 aromatic carbocycles. The van der Waals surface area contributed by atoms with E-state index in [1.807, 2.05) is 11.8 Å². The number of carbonyl (C=O) groups excluding carboxylic acids is 1. The molecular weight excluding hydrogens is 297 g/mol. The number of carbonyl (C=O) groups is 1. The zero-order valence-electron chi connectivity index (χ0n) is 12.7. The maximum atomic E-state index is 13.7. The van der Waals surface area contributed by atoms with E-state index in [2.05, 4.69) is 24.3 Å². The number of hydrogen-bond donors (Lipinski definition) is 0. The smallest absolute Gasteiger partial charge is 0.255 e. The zero-order valence-corrected chi connectivity index (χ0v) is 13.5. The number of hydrogen-bond acceptors (Lipinski definition) is 2. The minimum Gasteiger partial charge on any atom is -0.322 e. The summed E-state index contributed by atoms with van der Waals surface area (Å²) in [6.07, 6.45) is 0. The van der Waals surface area contributed by atoms with E-state index in [1.54, 1.807) is 30.8 Å². The Morgan fingerprint density at radius 1 is 1.18 bits per heavy atom. The van der Waals surface area contributed by atoms with Gasteiger partial charge in [-0.15, -0.1) is 11.8 Å². The summed E-state index contributed by atoms with van der Waals surface area (Å²) in [6.45, 7) is 4.44. The van der Waals surface area contributed by atoms with Gasteiger partial charge < -0.3 is 4.90 Å². The summed E-state index contributed by atoms with van der Waals surface area (Å²) in [5, 5.41) is 0.0115. The molecule has 114 valence electrons. The van der Waals surface area contributed by atoms with Crippen LogP contribution >= 0.6 is 11.8 Å². The molecular formula is C18H18FNOS. The molecule has 1 aliphatic rings. The van der Waals surface area contributed by atoms with Crippen LogP contribution in [0.3, 0.4) is 0 Å². The highest BCUT2D eigenvalue weighted by molar-refractivity contribution is 7.99. The second-order valence-corrected chi connectivity index (χ2v) is 6.78. The molecule has 1 fully saturated rings. The Morgan fingerprint density at radius 3 is 2.59 bits per heavy atom. The van der Waals surface area contributed by atoms with Crippen molar-refractivity contribution in [2.24, 2.45) is 0 Å². The molecule has 1 aliphatic heterocycles. The molecule has 1 saturated heterocycles. The predicted octanol–water partition coefficient (Wildman–Crippen LogP) is 4.33. The van der Waals surface area contributed by atoms with Crippen molar-refractivity contribution in [1.82, 2.24) is 4.90 Å². The van der Waals surface area contributed by atoms with Crippen LogP contribution < -0.4 is 0 Å². The monoisotopic (exact) mass is 315 g/mol. The SMILES string of the molecule is Cc1ccc(C2SCCN2C(=O)c2ccc(C)c(F)c2)cc1. The molecule has 1 atom stereocenters. The molecule has 0 radical (unpaired) electrons. The van der Waals surface area contributed by atoms with Gasteiger partial charge in [0, 0.05) is 17.9 Å². The summed E-state index contributed by atoms with van der Waals surface area (Å²) in [4.78, 5) is 14.5. The lowest BCUT2D eigenvalue weighted by molar-refractivity contribution is 0.0760. The van der Waals surface area contributed by atoms with E-state index in [4.69, 9.17) is 0 Å². The fourth-order valence-electron chi connectivity index (χ4n) is 2.58. The maximum absolute atomic E-state index is 13.7. The van der Waals surface area contributed by atoms with Gasteiger partial charge in [-0.3, -0.25) is 4.79 Å². The molecule has 2 aromatic rings. The normalized spacial score (nSPS) is 17.8. The predicted molar refractivity (Wildman–Crippen MR) is 88.6 cm³/mol. The van der Waals surface area contributed by atoms with Crippen LogP contribution in [0.15, 0.2) is 42.5 Å². The van der Waals surface area contributed by atoms with Crippen LogP contribution in [-0.2, 0) is 0 Å². The van der Waals surface area contributed by atoms with Gasteiger partial charge in [-0.2, -0.15) is 0 Å². The fraction of sp³-hybridized carbons (Fsp3) is 0.278. The molecule has 0 bridgehead atoms. The van der Waals surface area contributed by atoms with Crippen LogP contribution in [0.1, 0.15) is 32.4 Å². The van der Waals surface area contributed by atoms with Gasteiger partial charge in [0.15, 0.2) is 0 Å². The maximum Gasteiger partial charge on any atom is 0.255 e. The number of nitrogens with zero attached hydrogens (tertiary/aromatic N) is 1. The van der Waals surface area contributed by atoms with Gasteiger partial charge in [-0.25, -0.2) is 4.39 Å². The Morgan fingerprint density at radius 2 is 1.91 bits per heavy atom. The Labute approximate surface area is 134 Å². The number of benzene rings is 2. The topological polar surface area (TPSA) is 20.3 Å². The summed E-state index contributed by atoms with van der Waals surface area (Å²) in [7, 11) is 0. The average Bonchev–Trinajstić information content (AvgIpc) is 2.99. The van der Waals surface area contributed by atoms with Crippen LogP contribution in [0.25, 0.3) is 0 Å². The first kappa shape index (κ1) is 15.1. The van der Waals surface area contributed by atoms with E-state index >= 15 is 0 Å². The molecule has 0 aromatic heterocycles. The van der Waals surface area contributed by atoms with Crippen molar-refractivity contribution in [3.63, 3.8) is 0 Å². The Bertz CT molecular complexity index is 699. The van der Waals surface area contributed by atoms with Gasteiger partial charge in [0.1, 0.15) is 11.2 Å². The van der Waals surface area contributed by atoms with Crippen molar-refractivity contribution in [3.05, 3.63) is 70.5 Å². The lowest BCUT2D eigenvalue weighted by atomic mass is 10.1. The van der Waals surface area contributed by atoms with Gasteiger partial charge >= 0.3 is 0 Å². The van der Waals surface area contributed by atoms with E-state index in [-0.39, 0.29) is 17.1 Å². The molecule has 3 rings (SSSR count). The van der Waals surface area contributed by atoms with Gasteiger partial charge in [-0.05, 0) is 37.1 Å². The van der Waals surface area contributed by atoms with E-state index in [9.17, 15) is 9.18 Å². The molecule has 0 N–H and O–H groups in total. The van der Waals surface area contributed by atoms with E-state index in [0.29, 0.717) is 17.7 Å². The van der Waals surface area contributed by atoms with Gasteiger partial charge in [-0.1, -0.05) is 35.9 Å². The van der Waals surface area contributed by atoms with E-state index in [0.717, 1.165) is 11.3 Å². The number of thioether (sulfide) groups is 1. The van der Waals surface area contributed by atoms with Gasteiger partial charge in [0.2, 0.25) is 0 Å². The number of rotatable bonds is 2. The number of aryl methyl sites for hydroxylation is 2. The summed E-state index contributed by atoms with van der Waals surface area (Å²) >= 11 is 1.75. The number of halogens is 1. The molecule has 22 heavy (non-hydrogen) atoms. The summed E-state index contributed by atoms with van der Waals surface area (Å²) in [6, 6.07) is 12.9. The van der Waals surface area contributed by atoms with Crippen LogP contribution in [0.5, 0.6) is 0 Å². The Kier molecular flexibility index (Phi) is 4.21. The highest BCUT2D eigenvalue weighted by Gasteiger charge is 2.31. The van der Waals surface area contributed by atoms with E-state index in [1.165, 1.54) is 11.6 Å². The molecule has 1 heterocycles. The van der Waals surface area contributed by atoms with E-state index < -0.39 is 0 Å². The first-order valence-electron chi connectivity index (χ1n) is 7.31. The minimum atomic E-state index is -0.329. The van der Waals surface area contributed by atoms with Gasteiger partial charge in [0.05, 0.1) is 0 Å². The third-order valence-corrected chi connectivity index (χ3v) is 5.19. The van der Waals surface area contributed by atoms with Gasteiger partial charge in [0.25, 0.3) is 5.91 Å². The van der Waals surface area contributed by atoms with Crippen LogP contribution in [-0.4, -0.2) is 23.1 Å². The molecule has 0 saturated carbocycles. The van der Waals surface area contributed by atoms with Crippen molar-refractivity contribution in [3.8, 4) is 0 Å². The van der Waals surface area contributed by atoms with Crippen molar-refractivity contribution in [1.29, 1.82) is 0 Å². The second kappa shape index (κ2) is 6.13. The van der Waals surface area contributed by atoms with Crippen LogP contribution in [0.4, 0.5) is 4.39 Å². The summed E-state index contributed by atoms with van der Waals surface area (Å²) in [5.41, 5.74) is 3.30. The molecule has 1 amide bonds. The highest BCUT2D eigenvalue weighted by atomic mass is 32.2. The Balaban J connectivity index is 1.87. The zero-order chi connectivity index (χ0) is 15.7. The lowest BCUT2D eigenvalue weighted by Crippen LogP contribution is -2.30. The summed E-state index contributed by atoms with van der Waals surface area (Å²) in [5.74, 6) is 0.470. The fourth-order valence-corrected chi connectivity index (χ4v) is 3.83. The first-order chi connectivity index (χ1) is 10.6. The van der Waals surface area contributed by atoms with Crippen molar-refractivity contribution < 1.29 is 9.18 Å². The lowest BCUT2D eigenvalue weighted by Gasteiger charge is -2.24. The molecule has 2 nitrogen and oxygen atoms in total. The molecule has 4 heteroatoms. The molecule has 0 aliphatic carbocycles. The van der Waals surface area contributed by atoms with Crippen molar-refractivity contribution >= 4 is 17.7 Å². The quantitative estimate of drug-likeness (QED) is 0.822. The van der Waals surface area contributed by atoms with Crippen molar-refractivity contribution in [2.45, 2.75) is 19.2 Å². The second-order valence-electron chi connectivity index (χ2n) is 5.60. The standard InChI is InChI=1S/C18H18FNOS/c1-12-3-6-14(7-4-12)18-20(9-10-22-18)17(21)15-8-5-13(2)16(19)11-15/h3-8,11,18H,9-10H2,1-2H3. The molecule has 1 unspecified atom stereocenters. The number of amides is 1. The largest absolute Gasteiger partial charge is 0.322 e. The van der Waals surface area contributed by atoms with Crippen LogP contribution in [0.2, 0.25) is 0 Å². The summed E-state index contributed by atoms with van der Waals surface area (Å²) < 4.78 is 13.7. The third-order valence-electron chi connectivity index (χ3n) is 3.93. The van der Waals surface area contributed by atoms with Crippen molar-refractivity contribution in [2.75, 3.05) is 12.3 Å².